The van der Waals surface area contributed by atoms with Gasteiger partial charge in [-0.05, 0) is 32.4 Å². The van der Waals surface area contributed by atoms with Gasteiger partial charge in [0.05, 0.1) is 0 Å². The van der Waals surface area contributed by atoms with Crippen LogP contribution in [0.2, 0.25) is 0 Å². The van der Waals surface area contributed by atoms with Crippen molar-refractivity contribution >= 4 is 11.8 Å². The quantitative estimate of drug-likeness (QED) is 0.685. The summed E-state index contributed by atoms with van der Waals surface area (Å²) in [5, 5.41) is 5.95. The minimum atomic E-state index is -0.433. The molecule has 1 rings (SSSR count). The Morgan fingerprint density at radius 3 is 2.69 bits per heavy atom. The summed E-state index contributed by atoms with van der Waals surface area (Å²) >= 11 is 0. The highest BCUT2D eigenvalue weighted by molar-refractivity contribution is 5.87. The lowest BCUT2D eigenvalue weighted by molar-refractivity contribution is -0.134. The first-order valence-electron chi connectivity index (χ1n) is 5.72. The summed E-state index contributed by atoms with van der Waals surface area (Å²) in [5.74, 6) is 0.316. The minimum Gasteiger partial charge on any atom is -0.347 e. The summed E-state index contributed by atoms with van der Waals surface area (Å²) in [4.78, 5) is 24.6. The van der Waals surface area contributed by atoms with E-state index in [0.29, 0.717) is 12.3 Å². The highest BCUT2D eigenvalue weighted by Crippen LogP contribution is 2.11. The number of amides is 2. The van der Waals surface area contributed by atoms with Gasteiger partial charge >= 0.3 is 0 Å². The minimum absolute atomic E-state index is 0.0311. The van der Waals surface area contributed by atoms with Gasteiger partial charge in [-0.15, -0.1) is 0 Å². The second kappa shape index (κ2) is 5.84. The molecule has 0 spiro atoms. The first-order chi connectivity index (χ1) is 7.50. The summed E-state index contributed by atoms with van der Waals surface area (Å²) in [5.41, 5.74) is 0. The first kappa shape index (κ1) is 13.0. The molecule has 2 atom stereocenters. The molecule has 0 bridgehead atoms. The molecule has 5 heteroatoms. The topological polar surface area (TPSA) is 61.4 Å². The molecule has 1 aliphatic rings. The van der Waals surface area contributed by atoms with Gasteiger partial charge in [-0.1, -0.05) is 0 Å². The molecule has 0 aromatic rings. The number of likely N-dealkylation sites (N-methyl/N-ethyl adjacent to an activating group) is 1. The summed E-state index contributed by atoms with van der Waals surface area (Å²) in [6.07, 6.45) is 1.56. The van der Waals surface area contributed by atoms with Crippen molar-refractivity contribution in [3.05, 3.63) is 0 Å². The first-order valence-corrected chi connectivity index (χ1v) is 5.72. The van der Waals surface area contributed by atoms with Crippen LogP contribution < -0.4 is 10.6 Å². The van der Waals surface area contributed by atoms with Crippen LogP contribution in [0.15, 0.2) is 0 Å². The molecule has 2 N–H and O–H groups in total. The summed E-state index contributed by atoms with van der Waals surface area (Å²) in [7, 11) is 3.37. The Hall–Kier alpha value is -1.10. The maximum atomic E-state index is 11.6. The third kappa shape index (κ3) is 3.81. The molecule has 1 fully saturated rings. The van der Waals surface area contributed by atoms with Crippen LogP contribution in [-0.4, -0.2) is 49.9 Å². The maximum Gasteiger partial charge on any atom is 0.244 e. The molecule has 0 aromatic heterocycles. The third-order valence-electron chi connectivity index (χ3n) is 2.83. The molecule has 2 unspecified atom stereocenters. The molecule has 1 aliphatic heterocycles. The average molecular weight is 227 g/mol. The zero-order valence-corrected chi connectivity index (χ0v) is 10.2. The van der Waals surface area contributed by atoms with Crippen molar-refractivity contribution in [1.82, 2.24) is 15.5 Å². The largest absolute Gasteiger partial charge is 0.347 e. The van der Waals surface area contributed by atoms with Crippen molar-refractivity contribution in [2.24, 2.45) is 5.92 Å². The molecule has 0 saturated carbocycles. The van der Waals surface area contributed by atoms with E-state index in [9.17, 15) is 9.59 Å². The van der Waals surface area contributed by atoms with Crippen LogP contribution in [0.5, 0.6) is 0 Å². The van der Waals surface area contributed by atoms with Crippen molar-refractivity contribution in [3.63, 3.8) is 0 Å². The van der Waals surface area contributed by atoms with Gasteiger partial charge in [0.2, 0.25) is 11.8 Å². The van der Waals surface area contributed by atoms with Crippen molar-refractivity contribution in [3.8, 4) is 0 Å². The number of carbonyl (C=O) groups excluding carboxylic acids is 2. The Bertz CT molecular complexity index is 260. The number of rotatable bonds is 4. The van der Waals surface area contributed by atoms with Gasteiger partial charge in [-0.2, -0.15) is 0 Å². The third-order valence-corrected chi connectivity index (χ3v) is 2.83. The van der Waals surface area contributed by atoms with E-state index in [1.807, 2.05) is 0 Å². The highest BCUT2D eigenvalue weighted by atomic mass is 16.2. The predicted octanol–water partition coefficient (Wildman–Crippen LogP) is -0.421. The smallest absolute Gasteiger partial charge is 0.244 e. The fourth-order valence-corrected chi connectivity index (χ4v) is 1.90. The van der Waals surface area contributed by atoms with E-state index in [1.54, 1.807) is 21.0 Å². The molecular formula is C11H21N3O2. The molecule has 16 heavy (non-hydrogen) atoms. The Labute approximate surface area is 96.6 Å². The Morgan fingerprint density at radius 1 is 1.50 bits per heavy atom. The van der Waals surface area contributed by atoms with Gasteiger partial charge in [0.15, 0.2) is 0 Å². The van der Waals surface area contributed by atoms with E-state index in [1.165, 1.54) is 4.90 Å². The van der Waals surface area contributed by atoms with E-state index >= 15 is 0 Å². The van der Waals surface area contributed by atoms with E-state index in [4.69, 9.17) is 0 Å². The standard InChI is InChI=1S/C11H21N3O2/c1-8(11(16)14(2)3)13-10(15)6-9-4-5-12-7-9/h8-9,12H,4-7H2,1-3H3,(H,13,15). The second-order valence-electron chi connectivity index (χ2n) is 4.58. The van der Waals surface area contributed by atoms with Gasteiger partial charge in [0, 0.05) is 20.5 Å². The monoisotopic (exact) mass is 227 g/mol. The van der Waals surface area contributed by atoms with Crippen LogP contribution in [0.25, 0.3) is 0 Å². The lowest BCUT2D eigenvalue weighted by Gasteiger charge is -2.18. The molecule has 2 amide bonds. The molecule has 1 saturated heterocycles. The fraction of sp³-hybridized carbons (Fsp3) is 0.818. The number of nitrogens with zero attached hydrogens (tertiary/aromatic N) is 1. The van der Waals surface area contributed by atoms with Crippen LogP contribution in [-0.2, 0) is 9.59 Å². The van der Waals surface area contributed by atoms with Gasteiger partial charge in [0.25, 0.3) is 0 Å². The van der Waals surface area contributed by atoms with Crippen LogP contribution in [0.4, 0.5) is 0 Å². The SMILES string of the molecule is CC(NC(=O)CC1CCNC1)C(=O)N(C)C. The molecule has 1 heterocycles. The van der Waals surface area contributed by atoms with Crippen LogP contribution in [0.1, 0.15) is 19.8 Å². The molecular weight excluding hydrogens is 206 g/mol. The van der Waals surface area contributed by atoms with Gasteiger partial charge < -0.3 is 15.5 Å². The van der Waals surface area contributed by atoms with Crippen molar-refractivity contribution in [2.75, 3.05) is 27.2 Å². The molecule has 0 aliphatic carbocycles. The normalized spacial score (nSPS) is 21.6. The number of carbonyl (C=O) groups is 2. The average Bonchev–Trinajstić information content (AvgIpc) is 2.68. The molecule has 5 nitrogen and oxygen atoms in total. The zero-order valence-electron chi connectivity index (χ0n) is 10.2. The summed E-state index contributed by atoms with van der Waals surface area (Å²) in [6, 6.07) is -0.433. The molecule has 0 radical (unpaired) electrons. The number of hydrogen-bond acceptors (Lipinski definition) is 3. The Balaban J connectivity index is 2.30. The predicted molar refractivity (Wildman–Crippen MR) is 61.9 cm³/mol. The van der Waals surface area contributed by atoms with Crippen molar-refractivity contribution < 1.29 is 9.59 Å². The summed E-state index contributed by atoms with van der Waals surface area (Å²) in [6.45, 7) is 3.61. The van der Waals surface area contributed by atoms with Gasteiger partial charge in [-0.3, -0.25) is 9.59 Å². The van der Waals surface area contributed by atoms with Crippen LogP contribution in [0, 0.1) is 5.92 Å². The van der Waals surface area contributed by atoms with Crippen LogP contribution in [0.3, 0.4) is 0 Å². The van der Waals surface area contributed by atoms with E-state index in [-0.39, 0.29) is 11.8 Å². The Kier molecular flexibility index (Phi) is 4.73. The number of hydrogen-bond donors (Lipinski definition) is 2. The lowest BCUT2D eigenvalue weighted by Crippen LogP contribution is -2.44. The van der Waals surface area contributed by atoms with E-state index < -0.39 is 6.04 Å². The number of nitrogens with one attached hydrogen (secondary N) is 2. The Morgan fingerprint density at radius 2 is 2.19 bits per heavy atom. The van der Waals surface area contributed by atoms with Gasteiger partial charge in [-0.25, -0.2) is 0 Å². The second-order valence-corrected chi connectivity index (χ2v) is 4.58. The van der Waals surface area contributed by atoms with E-state index in [0.717, 1.165) is 19.5 Å². The van der Waals surface area contributed by atoms with Crippen LogP contribution >= 0.6 is 0 Å². The van der Waals surface area contributed by atoms with E-state index in [2.05, 4.69) is 10.6 Å². The fourth-order valence-electron chi connectivity index (χ4n) is 1.90. The lowest BCUT2D eigenvalue weighted by atomic mass is 10.0. The summed E-state index contributed by atoms with van der Waals surface area (Å²) < 4.78 is 0. The van der Waals surface area contributed by atoms with Crippen molar-refractivity contribution in [2.45, 2.75) is 25.8 Å². The highest BCUT2D eigenvalue weighted by Gasteiger charge is 2.21. The van der Waals surface area contributed by atoms with Gasteiger partial charge in [0.1, 0.15) is 6.04 Å². The maximum absolute atomic E-state index is 11.6. The molecule has 0 aromatic carbocycles. The van der Waals surface area contributed by atoms with Crippen molar-refractivity contribution in [1.29, 1.82) is 0 Å². The zero-order chi connectivity index (χ0) is 12.1. The molecule has 92 valence electrons.